The molecule has 1 aliphatic heterocycles. The Kier molecular flexibility index (Phi) is 3.83. The normalized spacial score (nSPS) is 20.8. The van der Waals surface area contributed by atoms with Gasteiger partial charge in [0.25, 0.3) is 0 Å². The minimum atomic E-state index is 0.0574. The van der Waals surface area contributed by atoms with Crippen molar-refractivity contribution in [2.75, 3.05) is 19.8 Å². The average molecular weight is 296 g/mol. The van der Waals surface area contributed by atoms with Crippen LogP contribution in [0.4, 0.5) is 0 Å². The van der Waals surface area contributed by atoms with Crippen LogP contribution in [-0.2, 0) is 5.41 Å². The van der Waals surface area contributed by atoms with Gasteiger partial charge in [-0.1, -0.05) is 30.9 Å². The SMILES string of the molecule is Cc1c(C2(CN)CCCCC2)cc(Cl)c2c1OCCO2. The molecule has 1 fully saturated rings. The standard InChI is InChI=1S/C16H22ClNO2/c1-11-12(16(10-18)5-3-2-4-6-16)9-13(17)15-14(11)19-7-8-20-15/h9H,2-8,10,18H2,1H3. The van der Waals surface area contributed by atoms with Crippen molar-refractivity contribution < 1.29 is 9.47 Å². The second-order valence-corrected chi connectivity index (χ2v) is 6.34. The summed E-state index contributed by atoms with van der Waals surface area (Å²) in [5, 5.41) is 0.652. The van der Waals surface area contributed by atoms with Crippen LogP contribution in [0.15, 0.2) is 6.07 Å². The summed E-state index contributed by atoms with van der Waals surface area (Å²) in [6.07, 6.45) is 6.06. The lowest BCUT2D eigenvalue weighted by Gasteiger charge is -2.39. The van der Waals surface area contributed by atoms with Gasteiger partial charge in [-0.15, -0.1) is 0 Å². The zero-order chi connectivity index (χ0) is 14.2. The molecule has 0 bridgehead atoms. The molecule has 20 heavy (non-hydrogen) atoms. The molecule has 2 N–H and O–H groups in total. The summed E-state index contributed by atoms with van der Waals surface area (Å²) in [7, 11) is 0. The second kappa shape index (κ2) is 5.45. The maximum Gasteiger partial charge on any atom is 0.180 e. The Bertz CT molecular complexity index is 510. The number of hydrogen-bond donors (Lipinski definition) is 1. The molecule has 0 amide bonds. The molecule has 0 spiro atoms. The lowest BCUT2D eigenvalue weighted by atomic mass is 9.68. The molecule has 1 saturated carbocycles. The highest BCUT2D eigenvalue weighted by Gasteiger charge is 2.36. The fourth-order valence-electron chi connectivity index (χ4n) is 3.66. The van der Waals surface area contributed by atoms with Crippen LogP contribution in [-0.4, -0.2) is 19.8 Å². The van der Waals surface area contributed by atoms with Crippen molar-refractivity contribution in [3.63, 3.8) is 0 Å². The van der Waals surface area contributed by atoms with E-state index in [0.29, 0.717) is 30.5 Å². The maximum atomic E-state index is 6.41. The van der Waals surface area contributed by atoms with Gasteiger partial charge >= 0.3 is 0 Å². The van der Waals surface area contributed by atoms with Crippen LogP contribution in [0.5, 0.6) is 11.5 Å². The summed E-state index contributed by atoms with van der Waals surface area (Å²) < 4.78 is 11.5. The van der Waals surface area contributed by atoms with Crippen LogP contribution in [0.2, 0.25) is 5.02 Å². The van der Waals surface area contributed by atoms with Crippen molar-refractivity contribution in [1.82, 2.24) is 0 Å². The molecule has 0 saturated heterocycles. The van der Waals surface area contributed by atoms with Crippen LogP contribution in [0, 0.1) is 6.92 Å². The minimum Gasteiger partial charge on any atom is -0.486 e. The first-order valence-corrected chi connectivity index (χ1v) is 7.85. The lowest BCUT2D eigenvalue weighted by molar-refractivity contribution is 0.169. The topological polar surface area (TPSA) is 44.5 Å². The summed E-state index contributed by atoms with van der Waals surface area (Å²) in [4.78, 5) is 0. The number of halogens is 1. The first-order valence-electron chi connectivity index (χ1n) is 7.47. The van der Waals surface area contributed by atoms with E-state index in [2.05, 4.69) is 13.0 Å². The zero-order valence-corrected chi connectivity index (χ0v) is 12.8. The molecule has 110 valence electrons. The van der Waals surface area contributed by atoms with Gasteiger partial charge in [-0.3, -0.25) is 0 Å². The van der Waals surface area contributed by atoms with Crippen LogP contribution >= 0.6 is 11.6 Å². The quantitative estimate of drug-likeness (QED) is 0.907. The summed E-state index contributed by atoms with van der Waals surface area (Å²) in [5.41, 5.74) is 8.62. The van der Waals surface area contributed by atoms with E-state index in [-0.39, 0.29) is 5.41 Å². The van der Waals surface area contributed by atoms with Crippen LogP contribution in [0.1, 0.15) is 43.2 Å². The highest BCUT2D eigenvalue weighted by Crippen LogP contribution is 2.48. The molecule has 2 aliphatic rings. The number of hydrogen-bond acceptors (Lipinski definition) is 3. The number of rotatable bonds is 2. The molecule has 3 rings (SSSR count). The van der Waals surface area contributed by atoms with Gasteiger partial charge in [-0.25, -0.2) is 0 Å². The van der Waals surface area contributed by atoms with Gasteiger partial charge in [0.05, 0.1) is 5.02 Å². The monoisotopic (exact) mass is 295 g/mol. The van der Waals surface area contributed by atoms with Crippen LogP contribution in [0.25, 0.3) is 0 Å². The highest BCUT2D eigenvalue weighted by molar-refractivity contribution is 6.32. The minimum absolute atomic E-state index is 0.0574. The fourth-order valence-corrected chi connectivity index (χ4v) is 3.91. The third kappa shape index (κ3) is 2.17. The fraction of sp³-hybridized carbons (Fsp3) is 0.625. The van der Waals surface area contributed by atoms with Gasteiger partial charge in [0.15, 0.2) is 11.5 Å². The molecular weight excluding hydrogens is 274 g/mol. The van der Waals surface area contributed by atoms with Gasteiger partial charge in [-0.05, 0) is 37.0 Å². The molecule has 0 unspecified atom stereocenters. The Hall–Kier alpha value is -0.930. The number of benzene rings is 1. The Morgan fingerprint density at radius 2 is 1.80 bits per heavy atom. The maximum absolute atomic E-state index is 6.41. The summed E-state index contributed by atoms with van der Waals surface area (Å²) in [6, 6.07) is 2.06. The molecule has 1 aliphatic carbocycles. The zero-order valence-electron chi connectivity index (χ0n) is 12.0. The first-order chi connectivity index (χ1) is 9.68. The molecule has 1 aromatic carbocycles. The largest absolute Gasteiger partial charge is 0.486 e. The van der Waals surface area contributed by atoms with Gasteiger partial charge in [0.2, 0.25) is 0 Å². The van der Waals surface area contributed by atoms with Crippen molar-refractivity contribution in [3.05, 3.63) is 22.2 Å². The third-order valence-electron chi connectivity index (χ3n) is 4.79. The molecule has 1 aromatic rings. The Balaban J connectivity index is 2.11. The molecular formula is C16H22ClNO2. The summed E-state index contributed by atoms with van der Waals surface area (Å²) >= 11 is 6.41. The van der Waals surface area contributed by atoms with E-state index in [1.807, 2.05) is 0 Å². The van der Waals surface area contributed by atoms with E-state index >= 15 is 0 Å². The van der Waals surface area contributed by atoms with Crippen molar-refractivity contribution in [3.8, 4) is 11.5 Å². The van der Waals surface area contributed by atoms with Gasteiger partial charge in [0, 0.05) is 12.0 Å². The van der Waals surface area contributed by atoms with Gasteiger partial charge in [0.1, 0.15) is 13.2 Å². The highest BCUT2D eigenvalue weighted by atomic mass is 35.5. The third-order valence-corrected chi connectivity index (χ3v) is 5.07. The van der Waals surface area contributed by atoms with Crippen molar-refractivity contribution in [1.29, 1.82) is 0 Å². The first kappa shape index (κ1) is 14.0. The molecule has 0 atom stereocenters. The number of ether oxygens (including phenoxy) is 2. The molecule has 4 heteroatoms. The van der Waals surface area contributed by atoms with Crippen LogP contribution in [0.3, 0.4) is 0 Å². The lowest BCUT2D eigenvalue weighted by Crippen LogP contribution is -2.38. The van der Waals surface area contributed by atoms with Crippen molar-refractivity contribution in [2.45, 2.75) is 44.4 Å². The van der Waals surface area contributed by atoms with Gasteiger partial charge in [-0.2, -0.15) is 0 Å². The van der Waals surface area contributed by atoms with Crippen molar-refractivity contribution in [2.24, 2.45) is 5.73 Å². The second-order valence-electron chi connectivity index (χ2n) is 5.93. The van der Waals surface area contributed by atoms with Crippen molar-refractivity contribution >= 4 is 11.6 Å². The Morgan fingerprint density at radius 1 is 1.15 bits per heavy atom. The van der Waals surface area contributed by atoms with Gasteiger partial charge < -0.3 is 15.2 Å². The Labute approximate surface area is 125 Å². The predicted molar refractivity (Wildman–Crippen MR) is 81.0 cm³/mol. The molecule has 1 heterocycles. The van der Waals surface area contributed by atoms with E-state index in [1.165, 1.54) is 24.8 Å². The van der Waals surface area contributed by atoms with E-state index in [4.69, 9.17) is 26.8 Å². The average Bonchev–Trinajstić information content (AvgIpc) is 2.51. The molecule has 0 radical (unpaired) electrons. The van der Waals surface area contributed by atoms with E-state index in [0.717, 1.165) is 24.2 Å². The smallest absolute Gasteiger partial charge is 0.180 e. The summed E-state index contributed by atoms with van der Waals surface area (Å²) in [6.45, 7) is 3.92. The van der Waals surface area contributed by atoms with E-state index in [1.54, 1.807) is 0 Å². The van der Waals surface area contributed by atoms with E-state index < -0.39 is 0 Å². The number of fused-ring (bicyclic) bond motifs is 1. The molecule has 0 aromatic heterocycles. The summed E-state index contributed by atoms with van der Waals surface area (Å²) in [5.74, 6) is 1.51. The molecule has 3 nitrogen and oxygen atoms in total. The predicted octanol–water partition coefficient (Wildman–Crippen LogP) is 3.58. The Morgan fingerprint density at radius 3 is 2.45 bits per heavy atom. The van der Waals surface area contributed by atoms with Crippen LogP contribution < -0.4 is 15.2 Å². The number of nitrogens with two attached hydrogens (primary N) is 1. The van der Waals surface area contributed by atoms with E-state index in [9.17, 15) is 0 Å².